The molecule has 1 saturated heterocycles. The number of rotatable bonds is 8. The van der Waals surface area contributed by atoms with Crippen LogP contribution in [0.1, 0.15) is 11.3 Å². The molecule has 1 aromatic rings. The summed E-state index contributed by atoms with van der Waals surface area (Å²) in [6.45, 7) is -0.585. The van der Waals surface area contributed by atoms with Gasteiger partial charge in [0.05, 0.1) is 19.8 Å². The minimum absolute atomic E-state index is 0.473. The van der Waals surface area contributed by atoms with Crippen molar-refractivity contribution in [3.63, 3.8) is 0 Å². The van der Waals surface area contributed by atoms with Crippen molar-refractivity contribution < 1.29 is 43.5 Å². The van der Waals surface area contributed by atoms with E-state index in [9.17, 15) is 25.0 Å². The van der Waals surface area contributed by atoms with E-state index in [1.165, 1.54) is 21.3 Å². The number of hydrogen-bond donors (Lipinski definition) is 5. The van der Waals surface area contributed by atoms with E-state index in [0.717, 1.165) is 0 Å². The average Bonchev–Trinajstić information content (AvgIpc) is 2.70. The number of ether oxygens (including phenoxy) is 2. The van der Waals surface area contributed by atoms with Crippen LogP contribution in [0.2, 0.25) is 0 Å². The fraction of sp³-hybridized carbons (Fsp3) is 0.625. The quantitative estimate of drug-likeness (QED) is 0.360. The third kappa shape index (κ3) is 4.68. The van der Waals surface area contributed by atoms with Gasteiger partial charge in [-0.3, -0.25) is 9.88 Å². The van der Waals surface area contributed by atoms with Gasteiger partial charge in [-0.1, -0.05) is 12.1 Å². The Hall–Kier alpha value is -1.07. The van der Waals surface area contributed by atoms with E-state index >= 15 is 0 Å². The highest BCUT2D eigenvalue weighted by Crippen LogP contribution is 2.58. The van der Waals surface area contributed by atoms with E-state index in [1.54, 1.807) is 24.3 Å². The molecule has 0 aromatic heterocycles. The molecule has 2 rings (SSSR count). The molecule has 10 nitrogen and oxygen atoms in total. The molecule has 0 saturated carbocycles. The lowest BCUT2D eigenvalue weighted by atomic mass is 9.97. The monoisotopic (exact) mass is 407 g/mol. The molecule has 1 aliphatic rings. The minimum atomic E-state index is -3.76. The summed E-state index contributed by atoms with van der Waals surface area (Å²) in [4.78, 5) is 0. The lowest BCUT2D eigenvalue weighted by Crippen LogP contribution is -2.63. The number of aliphatic hydroxyl groups is 4. The SMILES string of the molecule is COc1ccc(C(N[C@H]2C(O)O[C@H](CO)[C@@H](O)[C@@H]2O)P(=O)(OC)OC)cc1. The van der Waals surface area contributed by atoms with Gasteiger partial charge in [-0.05, 0) is 17.7 Å². The van der Waals surface area contributed by atoms with Crippen molar-refractivity contribution in [2.75, 3.05) is 27.9 Å². The van der Waals surface area contributed by atoms with Crippen LogP contribution in [0.25, 0.3) is 0 Å². The van der Waals surface area contributed by atoms with Crippen LogP contribution < -0.4 is 10.1 Å². The zero-order valence-corrected chi connectivity index (χ0v) is 16.2. The van der Waals surface area contributed by atoms with E-state index in [1.807, 2.05) is 0 Å². The highest BCUT2D eigenvalue weighted by atomic mass is 31.2. The Balaban J connectivity index is 2.35. The molecule has 11 heteroatoms. The summed E-state index contributed by atoms with van der Waals surface area (Å²) in [5, 5.41) is 42.6. The Morgan fingerprint density at radius 3 is 2.19 bits per heavy atom. The number of hydrogen-bond acceptors (Lipinski definition) is 10. The molecule has 0 bridgehead atoms. The van der Waals surface area contributed by atoms with Gasteiger partial charge in [-0.2, -0.15) is 0 Å². The van der Waals surface area contributed by atoms with Gasteiger partial charge in [0.1, 0.15) is 29.8 Å². The van der Waals surface area contributed by atoms with E-state index in [4.69, 9.17) is 18.5 Å². The third-order valence-electron chi connectivity index (χ3n) is 4.51. The minimum Gasteiger partial charge on any atom is -0.497 e. The zero-order valence-electron chi connectivity index (χ0n) is 15.3. The van der Waals surface area contributed by atoms with Gasteiger partial charge < -0.3 is 38.9 Å². The van der Waals surface area contributed by atoms with Crippen LogP contribution >= 0.6 is 7.60 Å². The Kier molecular flexibility index (Phi) is 7.75. The second-order valence-corrected chi connectivity index (χ2v) is 8.33. The van der Waals surface area contributed by atoms with Crippen LogP contribution in [0.3, 0.4) is 0 Å². The second kappa shape index (κ2) is 9.42. The molecule has 0 amide bonds. The smallest absolute Gasteiger partial charge is 0.351 e. The summed E-state index contributed by atoms with van der Waals surface area (Å²) in [5.41, 5.74) is 0.473. The van der Waals surface area contributed by atoms with Gasteiger partial charge >= 0.3 is 7.60 Å². The normalized spacial score (nSPS) is 30.1. The molecule has 0 aliphatic carbocycles. The van der Waals surface area contributed by atoms with E-state index < -0.39 is 50.6 Å². The topological polar surface area (TPSA) is 147 Å². The summed E-state index contributed by atoms with van der Waals surface area (Å²) >= 11 is 0. The molecule has 0 radical (unpaired) electrons. The van der Waals surface area contributed by atoms with Crippen molar-refractivity contribution in [1.29, 1.82) is 0 Å². The summed E-state index contributed by atoms with van der Waals surface area (Å²) in [7, 11) is 0.169. The largest absolute Gasteiger partial charge is 0.497 e. The van der Waals surface area contributed by atoms with Crippen molar-refractivity contribution in [2.45, 2.75) is 36.4 Å². The average molecular weight is 407 g/mol. The molecule has 1 fully saturated rings. The number of aliphatic hydroxyl groups excluding tert-OH is 4. The van der Waals surface area contributed by atoms with E-state index in [2.05, 4.69) is 5.32 Å². The van der Waals surface area contributed by atoms with Gasteiger partial charge in [0.15, 0.2) is 6.29 Å². The second-order valence-electron chi connectivity index (χ2n) is 6.00. The maximum atomic E-state index is 13.1. The predicted octanol–water partition coefficient (Wildman–Crippen LogP) is -0.431. The summed E-state index contributed by atoms with van der Waals surface area (Å²) < 4.78 is 33.4. The fourth-order valence-corrected chi connectivity index (χ4v) is 4.36. The van der Waals surface area contributed by atoms with Crippen LogP contribution in [0.5, 0.6) is 5.75 Å². The first-order valence-corrected chi connectivity index (χ1v) is 9.84. The molecule has 2 unspecified atom stereocenters. The van der Waals surface area contributed by atoms with Gasteiger partial charge in [-0.25, -0.2) is 0 Å². The summed E-state index contributed by atoms with van der Waals surface area (Å²) in [6, 6.07) is 5.29. The van der Waals surface area contributed by atoms with Crippen molar-refractivity contribution in [1.82, 2.24) is 5.32 Å². The molecule has 154 valence electrons. The first kappa shape index (κ1) is 22.2. The summed E-state index contributed by atoms with van der Waals surface area (Å²) in [6.07, 6.45) is -5.70. The lowest BCUT2D eigenvalue weighted by molar-refractivity contribution is -0.255. The first-order chi connectivity index (χ1) is 12.8. The van der Waals surface area contributed by atoms with Crippen molar-refractivity contribution in [3.8, 4) is 5.75 Å². The van der Waals surface area contributed by atoms with E-state index in [-0.39, 0.29) is 0 Å². The number of benzene rings is 1. The van der Waals surface area contributed by atoms with Gasteiger partial charge in [-0.15, -0.1) is 0 Å². The van der Waals surface area contributed by atoms with E-state index in [0.29, 0.717) is 11.3 Å². The molecule has 1 aliphatic heterocycles. The molecule has 5 N–H and O–H groups in total. The maximum absolute atomic E-state index is 13.1. The number of methoxy groups -OCH3 is 1. The van der Waals surface area contributed by atoms with Crippen LogP contribution in [-0.2, 0) is 18.3 Å². The van der Waals surface area contributed by atoms with Crippen LogP contribution in [0, 0.1) is 0 Å². The van der Waals surface area contributed by atoms with Crippen LogP contribution in [0.4, 0.5) is 0 Å². The van der Waals surface area contributed by atoms with Crippen molar-refractivity contribution in [2.24, 2.45) is 0 Å². The Labute approximate surface area is 157 Å². The molecule has 1 aromatic carbocycles. The van der Waals surface area contributed by atoms with Crippen molar-refractivity contribution >= 4 is 7.60 Å². The fourth-order valence-electron chi connectivity index (χ4n) is 2.90. The van der Waals surface area contributed by atoms with Gasteiger partial charge in [0.2, 0.25) is 0 Å². The highest BCUT2D eigenvalue weighted by Gasteiger charge is 2.47. The zero-order chi connectivity index (χ0) is 20.2. The molecule has 6 atom stereocenters. The standard InChI is InChI=1S/C16H26NO9P/c1-23-10-6-4-9(5-7-10)15(27(22,24-2)25-3)17-12-14(20)13(19)11(8-18)26-16(12)21/h4-7,11-21H,8H2,1-3H3/t11-,12-,13-,14-,15?,16?/m1/s1. The third-order valence-corrected chi connectivity index (χ3v) is 6.60. The Morgan fingerprint density at radius 2 is 1.70 bits per heavy atom. The molecular weight excluding hydrogens is 381 g/mol. The van der Waals surface area contributed by atoms with Gasteiger partial charge in [0, 0.05) is 14.2 Å². The Bertz CT molecular complexity index is 635. The number of nitrogens with one attached hydrogen (secondary N) is 1. The van der Waals surface area contributed by atoms with Gasteiger partial charge in [0.25, 0.3) is 0 Å². The predicted molar refractivity (Wildman–Crippen MR) is 94.3 cm³/mol. The molecule has 0 spiro atoms. The molecule has 1 heterocycles. The maximum Gasteiger partial charge on any atom is 0.351 e. The first-order valence-electron chi connectivity index (χ1n) is 8.23. The highest BCUT2D eigenvalue weighted by molar-refractivity contribution is 7.54. The van der Waals surface area contributed by atoms with Crippen molar-refractivity contribution in [3.05, 3.63) is 29.8 Å². The Morgan fingerprint density at radius 1 is 1.11 bits per heavy atom. The van der Waals surface area contributed by atoms with Crippen LogP contribution in [0.15, 0.2) is 24.3 Å². The van der Waals surface area contributed by atoms with Crippen LogP contribution in [-0.4, -0.2) is 79.0 Å². The molecular formula is C16H26NO9P. The summed E-state index contributed by atoms with van der Waals surface area (Å²) in [5.74, 6) is -0.515. The molecule has 27 heavy (non-hydrogen) atoms. The lowest BCUT2D eigenvalue weighted by Gasteiger charge is -2.42.